The number of hydrogen-bond acceptors (Lipinski definition) is 4. The summed E-state index contributed by atoms with van der Waals surface area (Å²) in [6.07, 6.45) is 1.62. The van der Waals surface area contributed by atoms with E-state index in [9.17, 15) is 4.79 Å². The van der Waals surface area contributed by atoms with Crippen molar-refractivity contribution in [2.24, 2.45) is 5.92 Å². The number of likely N-dealkylation sites (tertiary alicyclic amines) is 1. The lowest BCUT2D eigenvalue weighted by molar-refractivity contribution is 0.220. The first-order valence-corrected chi connectivity index (χ1v) is 9.59. The second-order valence-corrected chi connectivity index (χ2v) is 7.48. The van der Waals surface area contributed by atoms with Gasteiger partial charge >= 0.3 is 6.03 Å². The van der Waals surface area contributed by atoms with Gasteiger partial charge in [-0.3, -0.25) is 0 Å². The summed E-state index contributed by atoms with van der Waals surface area (Å²) in [5, 5.41) is 11.3. The fourth-order valence-electron chi connectivity index (χ4n) is 3.71. The van der Waals surface area contributed by atoms with E-state index < -0.39 is 0 Å². The van der Waals surface area contributed by atoms with Crippen LogP contribution >= 0.6 is 0 Å². The van der Waals surface area contributed by atoms with Crippen molar-refractivity contribution in [2.45, 2.75) is 26.7 Å². The van der Waals surface area contributed by atoms with Crippen molar-refractivity contribution in [3.05, 3.63) is 65.5 Å². The van der Waals surface area contributed by atoms with Gasteiger partial charge in [0, 0.05) is 30.8 Å². The SMILES string of the molecule is Cc1cc(C)cc(NC(=O)N2CCC(Cc3nnc(-c4ccccc4)o3)C2)c1. The van der Waals surface area contributed by atoms with Gasteiger partial charge in [0.05, 0.1) is 0 Å². The van der Waals surface area contributed by atoms with Crippen molar-refractivity contribution in [3.8, 4) is 11.5 Å². The van der Waals surface area contributed by atoms with E-state index in [-0.39, 0.29) is 6.03 Å². The van der Waals surface area contributed by atoms with Crippen molar-refractivity contribution in [1.29, 1.82) is 0 Å². The molecular weight excluding hydrogens is 352 g/mol. The Bertz CT molecular complexity index is 947. The largest absolute Gasteiger partial charge is 0.421 e. The van der Waals surface area contributed by atoms with Crippen LogP contribution in [0.15, 0.2) is 52.9 Å². The van der Waals surface area contributed by atoms with Crippen LogP contribution in [0.1, 0.15) is 23.4 Å². The van der Waals surface area contributed by atoms with Crippen molar-refractivity contribution < 1.29 is 9.21 Å². The molecule has 1 fully saturated rings. The van der Waals surface area contributed by atoms with E-state index in [2.05, 4.69) is 21.6 Å². The van der Waals surface area contributed by atoms with Crippen LogP contribution in [-0.2, 0) is 6.42 Å². The molecule has 6 nitrogen and oxygen atoms in total. The number of carbonyl (C=O) groups excluding carboxylic acids is 1. The van der Waals surface area contributed by atoms with E-state index in [1.807, 2.05) is 61.2 Å². The first-order chi connectivity index (χ1) is 13.6. The maximum Gasteiger partial charge on any atom is 0.321 e. The van der Waals surface area contributed by atoms with Gasteiger partial charge in [-0.15, -0.1) is 10.2 Å². The molecule has 6 heteroatoms. The van der Waals surface area contributed by atoms with Gasteiger partial charge in [-0.1, -0.05) is 24.3 Å². The second-order valence-electron chi connectivity index (χ2n) is 7.48. The number of hydrogen-bond donors (Lipinski definition) is 1. The minimum Gasteiger partial charge on any atom is -0.421 e. The topological polar surface area (TPSA) is 71.3 Å². The van der Waals surface area contributed by atoms with E-state index in [4.69, 9.17) is 4.42 Å². The molecule has 0 bridgehead atoms. The maximum absolute atomic E-state index is 12.6. The molecule has 3 aromatic rings. The number of carbonyl (C=O) groups is 1. The molecule has 0 saturated carbocycles. The van der Waals surface area contributed by atoms with E-state index in [1.165, 1.54) is 0 Å². The first-order valence-electron chi connectivity index (χ1n) is 9.59. The summed E-state index contributed by atoms with van der Waals surface area (Å²) >= 11 is 0. The summed E-state index contributed by atoms with van der Waals surface area (Å²) in [7, 11) is 0. The van der Waals surface area contributed by atoms with E-state index >= 15 is 0 Å². The Kier molecular flexibility index (Phi) is 5.10. The smallest absolute Gasteiger partial charge is 0.321 e. The van der Waals surface area contributed by atoms with Gasteiger partial charge in [0.2, 0.25) is 11.8 Å². The Morgan fingerprint density at radius 2 is 1.89 bits per heavy atom. The van der Waals surface area contributed by atoms with Gasteiger partial charge < -0.3 is 14.6 Å². The van der Waals surface area contributed by atoms with Gasteiger partial charge in [-0.05, 0) is 61.6 Å². The minimum absolute atomic E-state index is 0.0528. The molecule has 1 saturated heterocycles. The first kappa shape index (κ1) is 18.2. The van der Waals surface area contributed by atoms with Gasteiger partial charge in [0.15, 0.2) is 0 Å². The Balaban J connectivity index is 1.34. The Morgan fingerprint density at radius 3 is 2.64 bits per heavy atom. The monoisotopic (exact) mass is 376 g/mol. The molecule has 28 heavy (non-hydrogen) atoms. The third-order valence-corrected chi connectivity index (χ3v) is 5.00. The number of rotatable bonds is 4. The number of benzene rings is 2. The summed E-state index contributed by atoms with van der Waals surface area (Å²) in [6, 6.07) is 15.8. The van der Waals surface area contributed by atoms with Gasteiger partial charge in [0.25, 0.3) is 0 Å². The molecule has 2 heterocycles. The quantitative estimate of drug-likeness (QED) is 0.730. The van der Waals surface area contributed by atoms with Crippen LogP contribution in [0, 0.1) is 19.8 Å². The molecule has 2 amide bonds. The number of aryl methyl sites for hydroxylation is 2. The van der Waals surface area contributed by atoms with Gasteiger partial charge in [-0.2, -0.15) is 0 Å². The van der Waals surface area contributed by atoms with Crippen LogP contribution in [0.25, 0.3) is 11.5 Å². The van der Waals surface area contributed by atoms with Crippen LogP contribution in [0.5, 0.6) is 0 Å². The van der Waals surface area contributed by atoms with Crippen LogP contribution in [0.4, 0.5) is 10.5 Å². The molecule has 1 unspecified atom stereocenters. The zero-order chi connectivity index (χ0) is 19.5. The van der Waals surface area contributed by atoms with Crippen LogP contribution < -0.4 is 5.32 Å². The van der Waals surface area contributed by atoms with E-state index in [1.54, 1.807) is 0 Å². The molecule has 0 aliphatic carbocycles. The van der Waals surface area contributed by atoms with Gasteiger partial charge in [0.1, 0.15) is 0 Å². The summed E-state index contributed by atoms with van der Waals surface area (Å²) in [5.74, 6) is 1.49. The summed E-state index contributed by atoms with van der Waals surface area (Å²) < 4.78 is 5.81. The highest BCUT2D eigenvalue weighted by molar-refractivity contribution is 5.89. The number of urea groups is 1. The van der Waals surface area contributed by atoms with E-state index in [0.29, 0.717) is 30.7 Å². The molecule has 4 rings (SSSR count). The molecule has 1 aliphatic heterocycles. The predicted octanol–water partition coefficient (Wildman–Crippen LogP) is 4.45. The van der Waals surface area contributed by atoms with Crippen LogP contribution in [0.2, 0.25) is 0 Å². The molecule has 144 valence electrons. The molecular formula is C22H24N4O2. The Morgan fingerprint density at radius 1 is 1.14 bits per heavy atom. The Labute approximate surface area is 164 Å². The van der Waals surface area contributed by atoms with E-state index in [0.717, 1.165) is 35.3 Å². The summed E-state index contributed by atoms with van der Waals surface area (Å²) in [6.45, 7) is 5.49. The number of aromatic nitrogens is 2. The third-order valence-electron chi connectivity index (χ3n) is 5.00. The van der Waals surface area contributed by atoms with Crippen molar-refractivity contribution in [2.75, 3.05) is 18.4 Å². The minimum atomic E-state index is -0.0528. The standard InChI is InChI=1S/C22H24N4O2/c1-15-10-16(2)12-19(11-15)23-22(27)26-9-8-17(14-26)13-20-24-25-21(28-20)18-6-4-3-5-7-18/h3-7,10-12,17H,8-9,13-14H2,1-2H3,(H,23,27). The predicted molar refractivity (Wildman–Crippen MR) is 108 cm³/mol. The molecule has 0 spiro atoms. The molecule has 1 N–H and O–H groups in total. The molecule has 2 aromatic carbocycles. The lowest BCUT2D eigenvalue weighted by Crippen LogP contribution is -2.33. The number of nitrogens with one attached hydrogen (secondary N) is 1. The van der Waals surface area contributed by atoms with Crippen molar-refractivity contribution in [3.63, 3.8) is 0 Å². The lowest BCUT2D eigenvalue weighted by atomic mass is 10.1. The Hall–Kier alpha value is -3.15. The summed E-state index contributed by atoms with van der Waals surface area (Å²) in [4.78, 5) is 14.4. The molecule has 1 aromatic heterocycles. The van der Waals surface area contributed by atoms with Crippen LogP contribution in [0.3, 0.4) is 0 Å². The fraction of sp³-hybridized carbons (Fsp3) is 0.318. The summed E-state index contributed by atoms with van der Waals surface area (Å²) in [5.41, 5.74) is 4.04. The highest BCUT2D eigenvalue weighted by Crippen LogP contribution is 2.24. The maximum atomic E-state index is 12.6. The number of amides is 2. The lowest BCUT2D eigenvalue weighted by Gasteiger charge is -2.17. The third kappa shape index (κ3) is 4.22. The normalized spacial score (nSPS) is 16.4. The zero-order valence-corrected chi connectivity index (χ0v) is 16.2. The molecule has 1 atom stereocenters. The highest BCUT2D eigenvalue weighted by Gasteiger charge is 2.28. The number of anilines is 1. The van der Waals surface area contributed by atoms with Crippen molar-refractivity contribution in [1.82, 2.24) is 15.1 Å². The fourth-order valence-corrected chi connectivity index (χ4v) is 3.71. The van der Waals surface area contributed by atoms with Crippen molar-refractivity contribution >= 4 is 11.7 Å². The van der Waals surface area contributed by atoms with Crippen LogP contribution in [-0.4, -0.2) is 34.2 Å². The molecule has 0 radical (unpaired) electrons. The second kappa shape index (κ2) is 7.84. The molecule has 1 aliphatic rings. The average Bonchev–Trinajstić information content (AvgIpc) is 3.32. The average molecular weight is 376 g/mol. The zero-order valence-electron chi connectivity index (χ0n) is 16.2. The van der Waals surface area contributed by atoms with Gasteiger partial charge in [-0.25, -0.2) is 4.79 Å². The number of nitrogens with zero attached hydrogens (tertiary/aromatic N) is 3. The highest BCUT2D eigenvalue weighted by atomic mass is 16.4.